The van der Waals surface area contributed by atoms with E-state index in [-0.39, 0.29) is 18.1 Å². The molecule has 0 fully saturated rings. The van der Waals surface area contributed by atoms with Crippen molar-refractivity contribution in [1.29, 1.82) is 0 Å². The van der Waals surface area contributed by atoms with Gasteiger partial charge in [-0.2, -0.15) is 0 Å². The fourth-order valence-electron chi connectivity index (χ4n) is 2.49. The maximum absolute atomic E-state index is 12.3. The second-order valence-corrected chi connectivity index (χ2v) is 5.69. The molecule has 1 amide bonds. The number of halogens is 2. The Morgan fingerprint density at radius 3 is 2.43 bits per heavy atom. The van der Waals surface area contributed by atoms with E-state index in [1.807, 2.05) is 0 Å². The third-order valence-corrected chi connectivity index (χ3v) is 4.09. The zero-order valence-electron chi connectivity index (χ0n) is 11.2. The number of para-hydroxylation sites is 1. The molecule has 3 nitrogen and oxygen atoms in total. The lowest BCUT2D eigenvalue weighted by Crippen LogP contribution is -2.21. The predicted molar refractivity (Wildman–Crippen MR) is 83.8 cm³/mol. The van der Waals surface area contributed by atoms with Crippen LogP contribution in [0.15, 0.2) is 36.4 Å². The van der Waals surface area contributed by atoms with Crippen LogP contribution in [0.5, 0.6) is 0 Å². The Labute approximate surface area is 132 Å². The van der Waals surface area contributed by atoms with Crippen LogP contribution in [0.4, 0.5) is 11.4 Å². The molecule has 0 saturated heterocycles. The van der Waals surface area contributed by atoms with Crippen molar-refractivity contribution < 1.29 is 9.59 Å². The first-order valence-corrected chi connectivity index (χ1v) is 7.15. The molecule has 0 spiro atoms. The SMILES string of the molecule is CC(=O)c1ccc2c(c1)CC(=O)N2c1c(Cl)cccc1Cl. The molecule has 0 bridgehead atoms. The summed E-state index contributed by atoms with van der Waals surface area (Å²) >= 11 is 12.4. The minimum Gasteiger partial charge on any atom is -0.295 e. The largest absolute Gasteiger partial charge is 0.295 e. The highest BCUT2D eigenvalue weighted by Crippen LogP contribution is 2.42. The van der Waals surface area contributed by atoms with Crippen LogP contribution in [0.1, 0.15) is 22.8 Å². The molecule has 1 heterocycles. The fraction of sp³-hybridized carbons (Fsp3) is 0.125. The fourth-order valence-corrected chi connectivity index (χ4v) is 3.05. The average Bonchev–Trinajstić information content (AvgIpc) is 2.74. The molecule has 2 aromatic carbocycles. The summed E-state index contributed by atoms with van der Waals surface area (Å²) in [4.78, 5) is 25.3. The van der Waals surface area contributed by atoms with Gasteiger partial charge >= 0.3 is 0 Å². The van der Waals surface area contributed by atoms with Gasteiger partial charge in [0.2, 0.25) is 5.91 Å². The molecule has 5 heteroatoms. The number of benzene rings is 2. The molecule has 0 aliphatic carbocycles. The highest BCUT2D eigenvalue weighted by molar-refractivity contribution is 6.40. The summed E-state index contributed by atoms with van der Waals surface area (Å²) in [6, 6.07) is 10.3. The van der Waals surface area contributed by atoms with E-state index in [0.717, 1.165) is 11.3 Å². The van der Waals surface area contributed by atoms with Crippen molar-refractivity contribution in [1.82, 2.24) is 0 Å². The van der Waals surface area contributed by atoms with Gasteiger partial charge in [-0.25, -0.2) is 0 Å². The molecule has 0 saturated carbocycles. The van der Waals surface area contributed by atoms with Gasteiger partial charge in [-0.1, -0.05) is 29.3 Å². The lowest BCUT2D eigenvalue weighted by atomic mass is 10.1. The Bertz CT molecular complexity index is 751. The molecule has 21 heavy (non-hydrogen) atoms. The molecule has 3 rings (SSSR count). The van der Waals surface area contributed by atoms with E-state index in [0.29, 0.717) is 21.3 Å². The van der Waals surface area contributed by atoms with E-state index in [4.69, 9.17) is 23.2 Å². The minimum absolute atomic E-state index is 0.0283. The Hall–Kier alpha value is -1.84. The summed E-state index contributed by atoms with van der Waals surface area (Å²) < 4.78 is 0. The van der Waals surface area contributed by atoms with Crippen LogP contribution < -0.4 is 4.90 Å². The van der Waals surface area contributed by atoms with Crippen molar-refractivity contribution >= 4 is 46.3 Å². The number of carbonyl (C=O) groups is 2. The van der Waals surface area contributed by atoms with Gasteiger partial charge in [-0.3, -0.25) is 14.5 Å². The van der Waals surface area contributed by atoms with E-state index >= 15 is 0 Å². The first-order valence-electron chi connectivity index (χ1n) is 6.40. The van der Waals surface area contributed by atoms with Crippen molar-refractivity contribution in [3.63, 3.8) is 0 Å². The van der Waals surface area contributed by atoms with Crippen molar-refractivity contribution in [2.75, 3.05) is 4.90 Å². The first kappa shape index (κ1) is 14.1. The van der Waals surface area contributed by atoms with Gasteiger partial charge in [-0.05, 0) is 42.8 Å². The number of nitrogens with zero attached hydrogens (tertiary/aromatic N) is 1. The van der Waals surface area contributed by atoms with Crippen molar-refractivity contribution in [2.45, 2.75) is 13.3 Å². The Morgan fingerprint density at radius 2 is 1.81 bits per heavy atom. The average molecular weight is 320 g/mol. The normalized spacial score (nSPS) is 13.5. The lowest BCUT2D eigenvalue weighted by molar-refractivity contribution is -0.116. The Morgan fingerprint density at radius 1 is 1.14 bits per heavy atom. The summed E-state index contributed by atoms with van der Waals surface area (Å²) in [6.07, 6.45) is 0.234. The molecule has 1 aliphatic heterocycles. The van der Waals surface area contributed by atoms with E-state index in [2.05, 4.69) is 0 Å². The van der Waals surface area contributed by atoms with Gasteiger partial charge in [0.1, 0.15) is 0 Å². The lowest BCUT2D eigenvalue weighted by Gasteiger charge is -2.20. The predicted octanol–water partition coefficient (Wildman–Crippen LogP) is 4.42. The third-order valence-electron chi connectivity index (χ3n) is 3.48. The van der Waals surface area contributed by atoms with Crippen LogP contribution in [0, 0.1) is 0 Å². The molecule has 0 unspecified atom stereocenters. The minimum atomic E-state index is -0.110. The smallest absolute Gasteiger partial charge is 0.236 e. The number of fused-ring (bicyclic) bond motifs is 1. The van der Waals surface area contributed by atoms with Gasteiger partial charge in [0.15, 0.2) is 5.78 Å². The summed E-state index contributed by atoms with van der Waals surface area (Å²) in [5.41, 5.74) is 2.61. The molecule has 1 aliphatic rings. The Balaban J connectivity index is 2.16. The number of ketones is 1. The van der Waals surface area contributed by atoms with Crippen molar-refractivity contribution in [3.8, 4) is 0 Å². The maximum atomic E-state index is 12.3. The topological polar surface area (TPSA) is 37.4 Å². The van der Waals surface area contributed by atoms with Gasteiger partial charge in [0.05, 0.1) is 27.8 Å². The van der Waals surface area contributed by atoms with Crippen LogP contribution in [0.2, 0.25) is 10.0 Å². The molecule has 0 N–H and O–H groups in total. The number of carbonyl (C=O) groups excluding carboxylic acids is 2. The molecule has 106 valence electrons. The molecular weight excluding hydrogens is 309 g/mol. The number of hydrogen-bond acceptors (Lipinski definition) is 2. The Kier molecular flexibility index (Phi) is 3.47. The molecular formula is C16H11Cl2NO2. The van der Waals surface area contributed by atoms with E-state index < -0.39 is 0 Å². The molecule has 0 aromatic heterocycles. The molecule has 2 aromatic rings. The van der Waals surface area contributed by atoms with Crippen LogP contribution in [-0.4, -0.2) is 11.7 Å². The third kappa shape index (κ3) is 2.33. The van der Waals surface area contributed by atoms with Crippen molar-refractivity contribution in [2.24, 2.45) is 0 Å². The standard InChI is InChI=1S/C16H11Cl2NO2/c1-9(20)10-5-6-14-11(7-10)8-15(21)19(14)16-12(17)3-2-4-13(16)18/h2-7H,8H2,1H3. The number of anilines is 2. The van der Waals surface area contributed by atoms with Gasteiger partial charge in [-0.15, -0.1) is 0 Å². The maximum Gasteiger partial charge on any atom is 0.236 e. The highest BCUT2D eigenvalue weighted by atomic mass is 35.5. The molecule has 0 radical (unpaired) electrons. The molecule has 0 atom stereocenters. The van der Waals surface area contributed by atoms with Crippen LogP contribution >= 0.6 is 23.2 Å². The summed E-state index contributed by atoms with van der Waals surface area (Å²) in [5, 5.41) is 0.832. The van der Waals surface area contributed by atoms with Gasteiger partial charge < -0.3 is 0 Å². The summed E-state index contributed by atoms with van der Waals surface area (Å²) in [6.45, 7) is 1.50. The monoisotopic (exact) mass is 319 g/mol. The number of hydrogen-bond donors (Lipinski definition) is 0. The number of rotatable bonds is 2. The summed E-state index contributed by atoms with van der Waals surface area (Å²) in [5.74, 6) is -0.139. The quantitative estimate of drug-likeness (QED) is 0.768. The van der Waals surface area contributed by atoms with Crippen molar-refractivity contribution in [3.05, 3.63) is 57.6 Å². The highest BCUT2D eigenvalue weighted by Gasteiger charge is 2.31. The van der Waals surface area contributed by atoms with Gasteiger partial charge in [0.25, 0.3) is 0 Å². The second kappa shape index (κ2) is 5.17. The second-order valence-electron chi connectivity index (χ2n) is 4.88. The number of amides is 1. The van der Waals surface area contributed by atoms with Gasteiger partial charge in [0, 0.05) is 5.56 Å². The zero-order chi connectivity index (χ0) is 15.1. The van der Waals surface area contributed by atoms with E-state index in [9.17, 15) is 9.59 Å². The van der Waals surface area contributed by atoms with E-state index in [1.54, 1.807) is 36.4 Å². The zero-order valence-corrected chi connectivity index (χ0v) is 12.7. The van der Waals surface area contributed by atoms with E-state index in [1.165, 1.54) is 11.8 Å². The van der Waals surface area contributed by atoms with Crippen LogP contribution in [0.25, 0.3) is 0 Å². The van der Waals surface area contributed by atoms with Crippen LogP contribution in [0.3, 0.4) is 0 Å². The number of Topliss-reactive ketones (excluding diaryl/α,β-unsaturated/α-hetero) is 1. The van der Waals surface area contributed by atoms with Crippen LogP contribution in [-0.2, 0) is 11.2 Å². The summed E-state index contributed by atoms with van der Waals surface area (Å²) in [7, 11) is 0. The first-order chi connectivity index (χ1) is 9.99.